The predicted molar refractivity (Wildman–Crippen MR) is 111 cm³/mol. The van der Waals surface area contributed by atoms with Crippen LogP contribution < -0.4 is 11.3 Å². The Balaban J connectivity index is 1.70. The molecule has 1 heterocycles. The van der Waals surface area contributed by atoms with Crippen molar-refractivity contribution >= 4 is 28.2 Å². The van der Waals surface area contributed by atoms with Gasteiger partial charge in [0.2, 0.25) is 0 Å². The quantitative estimate of drug-likeness (QED) is 0.530. The van der Waals surface area contributed by atoms with Gasteiger partial charge in [0, 0.05) is 16.3 Å². The van der Waals surface area contributed by atoms with Gasteiger partial charge in [0.15, 0.2) is 0 Å². The third kappa shape index (κ3) is 3.32. The smallest absolute Gasteiger partial charge is 0.261 e. The van der Waals surface area contributed by atoms with E-state index < -0.39 is 0 Å². The number of nitrogens with zero attached hydrogens (tertiary/aromatic N) is 2. The summed E-state index contributed by atoms with van der Waals surface area (Å²) in [4.78, 5) is 17.4. The Labute approximate surface area is 161 Å². The van der Waals surface area contributed by atoms with Gasteiger partial charge >= 0.3 is 0 Å². The molecule has 1 aromatic heterocycles. The van der Waals surface area contributed by atoms with E-state index >= 15 is 0 Å². The summed E-state index contributed by atoms with van der Waals surface area (Å²) in [5.41, 5.74) is 10.0. The van der Waals surface area contributed by atoms with Gasteiger partial charge in [0.05, 0.1) is 17.4 Å². The number of nitrogen functional groups attached to an aromatic ring is 1. The van der Waals surface area contributed by atoms with Crippen molar-refractivity contribution in [1.29, 1.82) is 0 Å². The van der Waals surface area contributed by atoms with Gasteiger partial charge in [-0.3, -0.25) is 9.36 Å². The monoisotopic (exact) mass is 375 g/mol. The second-order valence-corrected chi connectivity index (χ2v) is 6.91. The summed E-state index contributed by atoms with van der Waals surface area (Å²) in [6.07, 6.45) is 0. The zero-order valence-electron chi connectivity index (χ0n) is 14.8. The van der Waals surface area contributed by atoms with Crippen LogP contribution in [0.1, 0.15) is 11.4 Å². The molecule has 4 aromatic rings. The number of anilines is 1. The Morgan fingerprint density at radius 1 is 1.04 bits per heavy atom. The van der Waals surface area contributed by atoms with E-state index in [4.69, 9.17) is 17.3 Å². The second kappa shape index (κ2) is 6.89. The highest BCUT2D eigenvalue weighted by atomic mass is 35.5. The van der Waals surface area contributed by atoms with Crippen molar-refractivity contribution in [3.8, 4) is 11.1 Å². The van der Waals surface area contributed by atoms with Crippen LogP contribution >= 0.6 is 11.6 Å². The summed E-state index contributed by atoms with van der Waals surface area (Å²) in [6, 6.07) is 21.0. The maximum atomic E-state index is 12.9. The van der Waals surface area contributed by atoms with Crippen LogP contribution in [0.25, 0.3) is 22.0 Å². The summed E-state index contributed by atoms with van der Waals surface area (Å²) in [6.45, 7) is 2.29. The number of fused-ring (bicyclic) bond motifs is 1. The molecule has 0 aliphatic rings. The van der Waals surface area contributed by atoms with Gasteiger partial charge in [0.1, 0.15) is 5.82 Å². The number of nitrogens with two attached hydrogens (primary N) is 1. The molecule has 4 nitrogen and oxygen atoms in total. The molecule has 0 radical (unpaired) electrons. The van der Waals surface area contributed by atoms with Crippen LogP contribution in [-0.4, -0.2) is 9.55 Å². The summed E-state index contributed by atoms with van der Waals surface area (Å²) < 4.78 is 1.67. The van der Waals surface area contributed by atoms with Gasteiger partial charge in [0.25, 0.3) is 5.56 Å². The SMILES string of the molecule is Cc1nc2ccc(N)cc2c(=O)n1Cc1ccc(-c2ccccc2Cl)cc1. The predicted octanol–water partition coefficient (Wildman–Crippen LogP) is 4.66. The summed E-state index contributed by atoms with van der Waals surface area (Å²) in [5.74, 6) is 0.674. The van der Waals surface area contributed by atoms with E-state index in [0.29, 0.717) is 34.0 Å². The number of benzene rings is 3. The third-order valence-corrected chi connectivity index (χ3v) is 4.98. The number of hydrogen-bond acceptors (Lipinski definition) is 3. The highest BCUT2D eigenvalue weighted by Gasteiger charge is 2.10. The van der Waals surface area contributed by atoms with Crippen molar-refractivity contribution in [2.75, 3.05) is 5.73 Å². The van der Waals surface area contributed by atoms with Crippen LogP contribution in [0.3, 0.4) is 0 Å². The van der Waals surface area contributed by atoms with Crippen LogP contribution in [0, 0.1) is 6.92 Å². The largest absolute Gasteiger partial charge is 0.399 e. The fraction of sp³-hybridized carbons (Fsp3) is 0.0909. The Morgan fingerprint density at radius 3 is 2.52 bits per heavy atom. The first-order valence-electron chi connectivity index (χ1n) is 8.63. The minimum Gasteiger partial charge on any atom is -0.399 e. The minimum absolute atomic E-state index is 0.0834. The highest BCUT2D eigenvalue weighted by Crippen LogP contribution is 2.27. The van der Waals surface area contributed by atoms with Gasteiger partial charge in [-0.2, -0.15) is 0 Å². The summed E-state index contributed by atoms with van der Waals surface area (Å²) in [7, 11) is 0. The molecular formula is C22H18ClN3O. The topological polar surface area (TPSA) is 60.9 Å². The Kier molecular flexibility index (Phi) is 4.42. The average molecular weight is 376 g/mol. The van der Waals surface area contributed by atoms with Gasteiger partial charge in [-0.05, 0) is 42.3 Å². The Morgan fingerprint density at radius 2 is 1.78 bits per heavy atom. The Hall–Kier alpha value is -3.11. The van der Waals surface area contributed by atoms with E-state index in [1.807, 2.05) is 55.5 Å². The normalized spacial score (nSPS) is 11.0. The lowest BCUT2D eigenvalue weighted by atomic mass is 10.0. The average Bonchev–Trinajstić information content (AvgIpc) is 2.67. The Bertz CT molecular complexity index is 1200. The molecule has 0 atom stereocenters. The molecule has 0 fully saturated rings. The molecule has 0 aliphatic heterocycles. The second-order valence-electron chi connectivity index (χ2n) is 6.50. The number of aryl methyl sites for hydroxylation is 1. The lowest BCUT2D eigenvalue weighted by molar-refractivity contribution is 0.713. The van der Waals surface area contributed by atoms with Crippen LogP contribution in [0.15, 0.2) is 71.5 Å². The van der Waals surface area contributed by atoms with Crippen LogP contribution in [0.5, 0.6) is 0 Å². The maximum Gasteiger partial charge on any atom is 0.261 e. The zero-order valence-corrected chi connectivity index (χ0v) is 15.6. The molecule has 27 heavy (non-hydrogen) atoms. The van der Waals surface area contributed by atoms with Crippen LogP contribution in [0.4, 0.5) is 5.69 Å². The van der Waals surface area contributed by atoms with E-state index in [-0.39, 0.29) is 5.56 Å². The number of halogens is 1. The van der Waals surface area contributed by atoms with Gasteiger partial charge in [-0.25, -0.2) is 4.98 Å². The molecule has 2 N–H and O–H groups in total. The molecule has 0 saturated carbocycles. The first-order valence-corrected chi connectivity index (χ1v) is 9.01. The standard InChI is InChI=1S/C22H18ClN3O/c1-14-25-21-11-10-17(24)12-19(21)22(27)26(14)13-15-6-8-16(9-7-15)18-4-2-3-5-20(18)23/h2-12H,13,24H2,1H3. The fourth-order valence-electron chi connectivity index (χ4n) is 3.20. The van der Waals surface area contributed by atoms with Crippen molar-refractivity contribution in [1.82, 2.24) is 9.55 Å². The van der Waals surface area contributed by atoms with Crippen molar-refractivity contribution in [2.24, 2.45) is 0 Å². The molecule has 0 bridgehead atoms. The lowest BCUT2D eigenvalue weighted by Crippen LogP contribution is -2.24. The molecule has 0 aliphatic carbocycles. The van der Waals surface area contributed by atoms with E-state index in [1.165, 1.54) is 0 Å². The van der Waals surface area contributed by atoms with Crippen molar-refractivity contribution in [3.05, 3.63) is 93.5 Å². The van der Waals surface area contributed by atoms with Crippen molar-refractivity contribution < 1.29 is 0 Å². The molecule has 134 valence electrons. The molecule has 4 rings (SSSR count). The van der Waals surface area contributed by atoms with Gasteiger partial charge < -0.3 is 5.73 Å². The van der Waals surface area contributed by atoms with E-state index in [1.54, 1.807) is 22.8 Å². The highest BCUT2D eigenvalue weighted by molar-refractivity contribution is 6.33. The molecule has 5 heteroatoms. The van der Waals surface area contributed by atoms with E-state index in [0.717, 1.165) is 16.7 Å². The molecule has 3 aromatic carbocycles. The molecule has 0 spiro atoms. The van der Waals surface area contributed by atoms with Gasteiger partial charge in [-0.1, -0.05) is 54.1 Å². The zero-order chi connectivity index (χ0) is 19.0. The van der Waals surface area contributed by atoms with E-state index in [9.17, 15) is 4.79 Å². The number of rotatable bonds is 3. The van der Waals surface area contributed by atoms with Crippen LogP contribution in [-0.2, 0) is 6.54 Å². The molecule has 0 unspecified atom stereocenters. The molecule has 0 amide bonds. The first-order chi connectivity index (χ1) is 13.0. The molecule has 0 saturated heterocycles. The summed E-state index contributed by atoms with van der Waals surface area (Å²) >= 11 is 6.27. The maximum absolute atomic E-state index is 12.9. The third-order valence-electron chi connectivity index (χ3n) is 4.65. The summed E-state index contributed by atoms with van der Waals surface area (Å²) in [5, 5.41) is 1.25. The van der Waals surface area contributed by atoms with Crippen LogP contribution in [0.2, 0.25) is 5.02 Å². The number of hydrogen-bond donors (Lipinski definition) is 1. The first kappa shape index (κ1) is 17.3. The minimum atomic E-state index is -0.0834. The van der Waals surface area contributed by atoms with Gasteiger partial charge in [-0.15, -0.1) is 0 Å². The van der Waals surface area contributed by atoms with Crippen molar-refractivity contribution in [2.45, 2.75) is 13.5 Å². The lowest BCUT2D eigenvalue weighted by Gasteiger charge is -2.12. The number of aromatic nitrogens is 2. The van der Waals surface area contributed by atoms with Crippen molar-refractivity contribution in [3.63, 3.8) is 0 Å². The fourth-order valence-corrected chi connectivity index (χ4v) is 3.45. The van der Waals surface area contributed by atoms with E-state index in [2.05, 4.69) is 4.98 Å². The molecular weight excluding hydrogens is 358 g/mol.